The summed E-state index contributed by atoms with van der Waals surface area (Å²) in [6.07, 6.45) is 2.01. The number of phenolic OH excluding ortho intramolecular Hbond substituents is 1. The summed E-state index contributed by atoms with van der Waals surface area (Å²) in [7, 11) is 4.60. The Morgan fingerprint density at radius 2 is 1.83 bits per heavy atom. The van der Waals surface area contributed by atoms with E-state index >= 15 is 0 Å². The highest BCUT2D eigenvalue weighted by atomic mass is 35.5. The van der Waals surface area contributed by atoms with Crippen molar-refractivity contribution in [1.82, 2.24) is 23.7 Å². The quantitative estimate of drug-likeness (QED) is 0.217. The number of aromatic nitrogens is 5. The van der Waals surface area contributed by atoms with Crippen molar-refractivity contribution in [2.24, 2.45) is 25.4 Å². The Labute approximate surface area is 282 Å². The highest BCUT2D eigenvalue weighted by Gasteiger charge is 2.66. The fourth-order valence-corrected chi connectivity index (χ4v) is 9.42. The first-order chi connectivity index (χ1) is 22.9. The van der Waals surface area contributed by atoms with Gasteiger partial charge >= 0.3 is 11.4 Å². The molecule has 4 atom stereocenters. The summed E-state index contributed by atoms with van der Waals surface area (Å²) in [5, 5.41) is 16.7. The van der Waals surface area contributed by atoms with E-state index < -0.39 is 46.5 Å². The monoisotopic (exact) mass is 686 g/mol. The molecule has 1 saturated carbocycles. The summed E-state index contributed by atoms with van der Waals surface area (Å²) < 4.78 is 12.1. The van der Waals surface area contributed by atoms with Crippen LogP contribution in [0, 0.1) is 18.3 Å². The Bertz CT molecular complexity index is 2400. The first-order valence-corrected chi connectivity index (χ1v) is 16.6. The summed E-state index contributed by atoms with van der Waals surface area (Å²) in [5.41, 5.74) is 0.678. The van der Waals surface area contributed by atoms with Gasteiger partial charge < -0.3 is 9.84 Å². The van der Waals surface area contributed by atoms with Gasteiger partial charge in [-0.25, -0.2) is 28.4 Å². The lowest BCUT2D eigenvalue weighted by atomic mass is 9.56. The molecule has 246 valence electrons. The van der Waals surface area contributed by atoms with Crippen LogP contribution in [0.3, 0.4) is 0 Å². The molecule has 48 heavy (non-hydrogen) atoms. The topological polar surface area (TPSA) is 134 Å². The number of hydrogen-bond donors (Lipinski definition) is 1. The van der Waals surface area contributed by atoms with Crippen LogP contribution in [0.4, 0.5) is 5.82 Å². The van der Waals surface area contributed by atoms with Crippen LogP contribution in [0.1, 0.15) is 36.4 Å². The van der Waals surface area contributed by atoms with Crippen molar-refractivity contribution >= 4 is 50.7 Å². The maximum absolute atomic E-state index is 14.9. The van der Waals surface area contributed by atoms with Gasteiger partial charge in [-0.2, -0.15) is 5.10 Å². The number of benzene rings is 2. The highest BCUT2D eigenvalue weighted by Crippen LogP contribution is 2.62. The number of anilines is 1. The van der Waals surface area contributed by atoms with E-state index in [1.165, 1.54) is 40.6 Å². The molecule has 1 saturated heterocycles. The number of carbonyl (C=O) groups is 2. The van der Waals surface area contributed by atoms with Crippen LogP contribution in [-0.2, 0) is 30.2 Å². The summed E-state index contributed by atoms with van der Waals surface area (Å²) in [4.78, 5) is 58.1. The largest absolute Gasteiger partial charge is 0.508 e. The standard InChI is InChI=1S/C34H31ClN6O6S/c1-16-21-12-17(35)6-9-26(21)48-29(16)23-15-27(38(4)36-23)40-30(43)22-14-24-19(10-11-39-32(45)37(3)33(46)41(24)39)28(34(22,2)31(40)44)20-8-7-18(42)13-25(20)47-5/h6-10,12-13,15,22,24,28,42H,11,14H2,1-5H3/t22-,24+,28+,34+/m0/s1. The van der Waals surface area contributed by atoms with Gasteiger partial charge in [0.2, 0.25) is 11.8 Å². The van der Waals surface area contributed by atoms with E-state index in [1.807, 2.05) is 31.2 Å². The second-order valence-corrected chi connectivity index (χ2v) is 14.4. The number of amides is 2. The number of carbonyl (C=O) groups excluding carboxylic acids is 2. The molecular formula is C34H31ClN6O6S. The van der Waals surface area contributed by atoms with E-state index in [0.29, 0.717) is 27.8 Å². The predicted octanol–water partition coefficient (Wildman–Crippen LogP) is 4.50. The third kappa shape index (κ3) is 3.91. The second kappa shape index (κ2) is 10.3. The minimum atomic E-state index is -1.31. The van der Waals surface area contributed by atoms with E-state index in [-0.39, 0.29) is 18.7 Å². The Hall–Kier alpha value is -4.88. The van der Waals surface area contributed by atoms with Crippen molar-refractivity contribution in [2.75, 3.05) is 12.0 Å². The smallest absolute Gasteiger partial charge is 0.347 e. The molecule has 1 N–H and O–H groups in total. The molecule has 14 heteroatoms. The van der Waals surface area contributed by atoms with Crippen molar-refractivity contribution in [1.29, 1.82) is 0 Å². The van der Waals surface area contributed by atoms with Crippen molar-refractivity contribution < 1.29 is 19.4 Å². The molecular weight excluding hydrogens is 656 g/mol. The summed E-state index contributed by atoms with van der Waals surface area (Å²) in [5.74, 6) is -1.77. The van der Waals surface area contributed by atoms with Crippen LogP contribution in [-0.4, -0.2) is 47.7 Å². The Morgan fingerprint density at radius 1 is 1.06 bits per heavy atom. The average Bonchev–Trinajstić information content (AvgIpc) is 3.72. The van der Waals surface area contributed by atoms with Gasteiger partial charge in [0.25, 0.3) is 0 Å². The number of fused-ring (bicyclic) bond motifs is 5. The number of halogens is 1. The van der Waals surface area contributed by atoms with Crippen molar-refractivity contribution in [2.45, 2.75) is 38.8 Å². The molecule has 5 heterocycles. The first kappa shape index (κ1) is 30.5. The lowest BCUT2D eigenvalue weighted by Gasteiger charge is -2.47. The van der Waals surface area contributed by atoms with Crippen LogP contribution in [0.5, 0.6) is 11.5 Å². The van der Waals surface area contributed by atoms with Gasteiger partial charge in [0, 0.05) is 47.4 Å². The van der Waals surface area contributed by atoms with Gasteiger partial charge in [-0.15, -0.1) is 11.3 Å². The van der Waals surface area contributed by atoms with Gasteiger partial charge in [-0.1, -0.05) is 23.7 Å². The third-order valence-corrected chi connectivity index (χ3v) is 12.0. The number of imide groups is 1. The molecule has 5 aromatic rings. The molecule has 0 unspecified atom stereocenters. The van der Waals surface area contributed by atoms with Crippen LogP contribution in [0.2, 0.25) is 5.02 Å². The molecule has 2 amide bonds. The second-order valence-electron chi connectivity index (χ2n) is 12.9. The molecule has 3 aliphatic rings. The number of ether oxygens (including phenoxy) is 1. The van der Waals surface area contributed by atoms with E-state index in [2.05, 4.69) is 0 Å². The Morgan fingerprint density at radius 3 is 2.58 bits per heavy atom. The number of hydrogen-bond acceptors (Lipinski definition) is 8. The zero-order valence-electron chi connectivity index (χ0n) is 26.7. The molecule has 0 radical (unpaired) electrons. The number of methoxy groups -OCH3 is 1. The van der Waals surface area contributed by atoms with Gasteiger partial charge in [0.05, 0.1) is 35.9 Å². The molecule has 8 rings (SSSR count). The third-order valence-electron chi connectivity index (χ3n) is 10.5. The van der Waals surface area contributed by atoms with E-state index in [9.17, 15) is 24.3 Å². The number of allylic oxidation sites excluding steroid dienone is 2. The Kier molecular flexibility index (Phi) is 6.54. The highest BCUT2D eigenvalue weighted by molar-refractivity contribution is 7.22. The first-order valence-electron chi connectivity index (χ1n) is 15.4. The SMILES string of the molecule is COc1cc(O)ccc1[C@H]1C2=CCn3c(=O)n(C)c(=O)n3[C@@H]2C[C@H]2C(=O)N(c3cc(-c4sc5ccc(Cl)cc5c4C)nn3C)C(=O)[C@@]12C. The number of rotatable bonds is 4. The molecule has 3 aromatic heterocycles. The molecule has 0 bridgehead atoms. The van der Waals surface area contributed by atoms with Gasteiger partial charge in [0.15, 0.2) is 0 Å². The number of aryl methyl sites for hydroxylation is 2. The summed E-state index contributed by atoms with van der Waals surface area (Å²) in [6, 6.07) is 11.5. The number of phenols is 1. The predicted molar refractivity (Wildman–Crippen MR) is 181 cm³/mol. The molecule has 2 aromatic carbocycles. The molecule has 2 fully saturated rings. The molecule has 2 aliphatic heterocycles. The fraction of sp³-hybridized carbons (Fsp3) is 0.324. The van der Waals surface area contributed by atoms with Crippen LogP contribution in [0.25, 0.3) is 20.7 Å². The van der Waals surface area contributed by atoms with E-state index in [1.54, 1.807) is 42.1 Å². The minimum Gasteiger partial charge on any atom is -0.508 e. The average molecular weight is 687 g/mol. The zero-order chi connectivity index (χ0) is 34.0. The number of nitrogens with zero attached hydrogens (tertiary/aromatic N) is 6. The van der Waals surface area contributed by atoms with Gasteiger partial charge in [-0.3, -0.25) is 14.3 Å². The van der Waals surface area contributed by atoms with Crippen LogP contribution >= 0.6 is 22.9 Å². The molecule has 1 aliphatic carbocycles. The lowest BCUT2D eigenvalue weighted by molar-refractivity contribution is -0.129. The summed E-state index contributed by atoms with van der Waals surface area (Å²) >= 11 is 7.84. The van der Waals surface area contributed by atoms with Gasteiger partial charge in [-0.05, 0) is 61.1 Å². The molecule has 0 spiro atoms. The van der Waals surface area contributed by atoms with Crippen LogP contribution < -0.4 is 21.0 Å². The fourth-order valence-electron chi connectivity index (χ4n) is 8.10. The van der Waals surface area contributed by atoms with E-state index in [4.69, 9.17) is 21.4 Å². The van der Waals surface area contributed by atoms with Crippen molar-refractivity contribution in [3.05, 3.63) is 91.2 Å². The van der Waals surface area contributed by atoms with Crippen molar-refractivity contribution in [3.8, 4) is 22.1 Å². The minimum absolute atomic E-state index is 0.0212. The number of aromatic hydroxyl groups is 1. The van der Waals surface area contributed by atoms with Crippen molar-refractivity contribution in [3.63, 3.8) is 0 Å². The summed E-state index contributed by atoms with van der Waals surface area (Å²) in [6.45, 7) is 3.91. The Balaban J connectivity index is 1.30. The van der Waals surface area contributed by atoms with Crippen LogP contribution in [0.15, 0.2) is 63.7 Å². The maximum Gasteiger partial charge on any atom is 0.347 e. The van der Waals surface area contributed by atoms with E-state index in [0.717, 1.165) is 30.7 Å². The van der Waals surface area contributed by atoms with Gasteiger partial charge in [0.1, 0.15) is 23.0 Å². The maximum atomic E-state index is 14.9. The number of thiophene rings is 1. The molecule has 12 nitrogen and oxygen atoms in total. The zero-order valence-corrected chi connectivity index (χ0v) is 28.3. The lowest BCUT2D eigenvalue weighted by Crippen LogP contribution is -2.49. The normalized spacial score (nSPS) is 23.3.